The van der Waals surface area contributed by atoms with E-state index in [0.717, 1.165) is 112 Å². The first-order chi connectivity index (χ1) is 32.1. The van der Waals surface area contributed by atoms with E-state index in [0.29, 0.717) is 35.3 Å². The van der Waals surface area contributed by atoms with Crippen LogP contribution in [0.5, 0.6) is 5.75 Å². The van der Waals surface area contributed by atoms with Gasteiger partial charge in [0.2, 0.25) is 11.8 Å². The molecule has 3 aromatic carbocycles. The van der Waals surface area contributed by atoms with Gasteiger partial charge in [-0.15, -0.1) is 11.3 Å². The number of hydrogen-bond donors (Lipinski definition) is 3. The normalized spacial score (nSPS) is 19.7. The first kappa shape index (κ1) is 45.0. The van der Waals surface area contributed by atoms with Crippen LogP contribution in [0.2, 0.25) is 0 Å². The van der Waals surface area contributed by atoms with Gasteiger partial charge >= 0.3 is 0 Å². The number of anilines is 2. The summed E-state index contributed by atoms with van der Waals surface area (Å²) in [6.45, 7) is 7.65. The molecule has 1 aromatic heterocycles. The van der Waals surface area contributed by atoms with Crippen LogP contribution in [0.1, 0.15) is 113 Å². The Morgan fingerprint density at radius 1 is 0.894 bits per heavy atom. The van der Waals surface area contributed by atoms with Crippen LogP contribution in [0, 0.1) is 17.7 Å². The molecule has 4 aromatic rings. The number of phenols is 1. The molecule has 5 amide bonds. The molecule has 2 unspecified atom stereocenters. The van der Waals surface area contributed by atoms with Crippen LogP contribution in [0.15, 0.2) is 66.2 Å². The van der Waals surface area contributed by atoms with E-state index in [-0.39, 0.29) is 42.0 Å². The fourth-order valence-electron chi connectivity index (χ4n) is 10.2. The molecule has 0 aliphatic carbocycles. The third-order valence-electron chi connectivity index (χ3n) is 13.8. The van der Waals surface area contributed by atoms with Gasteiger partial charge in [0.1, 0.15) is 23.7 Å². The summed E-state index contributed by atoms with van der Waals surface area (Å²) in [5.41, 5.74) is 4.55. The number of carbonyl (C=O) groups is 5. The van der Waals surface area contributed by atoms with Gasteiger partial charge in [0, 0.05) is 111 Å². The Morgan fingerprint density at radius 2 is 1.70 bits per heavy atom. The standard InChI is InChI=1S/C50H55FN8O6S/c51-35-13-16-43(60)40(29-35)45(47(63)54-50-52-20-28-66-50)59-31-34-12-14-37(30-39(34)49(59)65)56-22-18-36(19-23-56)57-26-24-55(25-27-57)21-7-5-3-1-2-4-6-9-33-10-8-11-38-41(33)32-58(48(38)64)42-15-17-44(61)53-46(42)62/h8,10-14,16,20,28-30,36,42,45,60H,1-5,7,15,17-19,21-27,31-32H2,(H,52,54,63)(H,53,61,62). The van der Waals surface area contributed by atoms with Gasteiger partial charge in [-0.1, -0.05) is 43.2 Å². The van der Waals surface area contributed by atoms with Crippen LogP contribution < -0.4 is 15.5 Å². The first-order valence-electron chi connectivity index (χ1n) is 23.2. The van der Waals surface area contributed by atoms with E-state index in [9.17, 15) is 33.5 Å². The predicted molar refractivity (Wildman–Crippen MR) is 248 cm³/mol. The number of halogens is 1. The third kappa shape index (κ3) is 9.84. The van der Waals surface area contributed by atoms with Crippen LogP contribution in [-0.4, -0.2) is 117 Å². The number of piperidine rings is 2. The van der Waals surface area contributed by atoms with Gasteiger partial charge in [-0.2, -0.15) is 0 Å². The quantitative estimate of drug-likeness (QED) is 0.0772. The average Bonchev–Trinajstić information content (AvgIpc) is 4.05. The number of amides is 5. The van der Waals surface area contributed by atoms with Crippen LogP contribution in [0.4, 0.5) is 15.2 Å². The Balaban J connectivity index is 0.679. The average molecular weight is 915 g/mol. The largest absolute Gasteiger partial charge is 0.508 e. The van der Waals surface area contributed by atoms with Gasteiger partial charge in [-0.05, 0) is 92.2 Å². The van der Waals surface area contributed by atoms with Crippen LogP contribution in [0.3, 0.4) is 0 Å². The summed E-state index contributed by atoms with van der Waals surface area (Å²) in [6.07, 6.45) is 10.7. The van der Waals surface area contributed by atoms with Crippen molar-refractivity contribution in [3.8, 4) is 17.6 Å². The van der Waals surface area contributed by atoms with Crippen molar-refractivity contribution in [1.29, 1.82) is 0 Å². The Labute approximate surface area is 388 Å². The van der Waals surface area contributed by atoms with Crippen molar-refractivity contribution in [2.24, 2.45) is 0 Å². The van der Waals surface area contributed by atoms with Crippen LogP contribution in [-0.2, 0) is 27.5 Å². The predicted octanol–water partition coefficient (Wildman–Crippen LogP) is 6.06. The number of phenolic OH excluding ortho intramolecular Hbond substituents is 1. The van der Waals surface area contributed by atoms with Gasteiger partial charge in [-0.25, -0.2) is 9.37 Å². The number of fused-ring (bicyclic) bond motifs is 2. The molecule has 0 saturated carbocycles. The Kier molecular flexibility index (Phi) is 13.8. The lowest BCUT2D eigenvalue weighted by Crippen LogP contribution is -2.53. The molecule has 3 N–H and O–H groups in total. The summed E-state index contributed by atoms with van der Waals surface area (Å²) in [5, 5.41) is 17.9. The SMILES string of the molecule is O=C1CCC(N2Cc3c(C#CCCCCCCCN4CCN(C5CCN(c6ccc7c(c6)C(=O)N(C(C(=O)Nc6nccs6)c6cc(F)ccc6O)C7)CC5)CC4)cccc3C2=O)C(=O)N1. The summed E-state index contributed by atoms with van der Waals surface area (Å²) in [5.74, 6) is 3.89. The lowest BCUT2D eigenvalue weighted by atomic mass is 10.0. The number of unbranched alkanes of at least 4 members (excludes halogenated alkanes) is 5. The summed E-state index contributed by atoms with van der Waals surface area (Å²) < 4.78 is 14.4. The zero-order valence-electron chi connectivity index (χ0n) is 37.0. The third-order valence-corrected chi connectivity index (χ3v) is 14.5. The number of hydrogen-bond acceptors (Lipinski definition) is 11. The number of aromatic hydroxyl groups is 1. The fourth-order valence-corrected chi connectivity index (χ4v) is 10.7. The molecular formula is C50H55FN8O6S. The lowest BCUT2D eigenvalue weighted by Gasteiger charge is -2.43. The number of thiazole rings is 1. The molecule has 6 heterocycles. The highest BCUT2D eigenvalue weighted by Crippen LogP contribution is 2.38. The number of nitrogens with one attached hydrogen (secondary N) is 2. The number of carbonyl (C=O) groups excluding carboxylic acids is 5. The van der Waals surface area contributed by atoms with E-state index in [2.05, 4.69) is 42.2 Å². The van der Waals surface area contributed by atoms with Crippen molar-refractivity contribution in [1.82, 2.24) is 29.9 Å². The molecule has 0 radical (unpaired) electrons. The number of benzene rings is 3. The second-order valence-corrected chi connectivity index (χ2v) is 18.7. The number of nitrogens with zero attached hydrogens (tertiary/aromatic N) is 6. The maximum absolute atomic E-state index is 14.4. The monoisotopic (exact) mass is 914 g/mol. The Morgan fingerprint density at radius 3 is 2.48 bits per heavy atom. The fraction of sp³-hybridized carbons (Fsp3) is 0.440. The van der Waals surface area contributed by atoms with E-state index >= 15 is 0 Å². The molecule has 5 aliphatic heterocycles. The highest BCUT2D eigenvalue weighted by atomic mass is 32.1. The highest BCUT2D eigenvalue weighted by Gasteiger charge is 2.41. The molecule has 5 aliphatic rings. The lowest BCUT2D eigenvalue weighted by molar-refractivity contribution is -0.137. The van der Waals surface area contributed by atoms with Crippen molar-refractivity contribution >= 4 is 51.7 Å². The van der Waals surface area contributed by atoms with Crippen molar-refractivity contribution in [2.45, 2.75) is 95.4 Å². The number of aromatic nitrogens is 1. The maximum Gasteiger partial charge on any atom is 0.255 e. The van der Waals surface area contributed by atoms with Gasteiger partial charge in [0.15, 0.2) is 5.13 Å². The zero-order chi connectivity index (χ0) is 45.7. The number of rotatable bonds is 14. The molecule has 9 rings (SSSR count). The maximum atomic E-state index is 14.4. The minimum absolute atomic E-state index is 0.0122. The highest BCUT2D eigenvalue weighted by molar-refractivity contribution is 7.13. The zero-order valence-corrected chi connectivity index (χ0v) is 37.8. The Hall–Kier alpha value is -6.15. The summed E-state index contributed by atoms with van der Waals surface area (Å²) in [7, 11) is 0. The van der Waals surface area contributed by atoms with Crippen LogP contribution >= 0.6 is 11.3 Å². The van der Waals surface area contributed by atoms with Gasteiger partial charge < -0.3 is 24.7 Å². The topological polar surface area (TPSA) is 159 Å². The minimum atomic E-state index is -1.27. The summed E-state index contributed by atoms with van der Waals surface area (Å²) in [6, 6.07) is 13.5. The van der Waals surface area contributed by atoms with Gasteiger partial charge in [0.25, 0.3) is 17.7 Å². The summed E-state index contributed by atoms with van der Waals surface area (Å²) in [4.78, 5) is 79.5. The Bertz CT molecular complexity index is 2540. The minimum Gasteiger partial charge on any atom is -0.508 e. The van der Waals surface area contributed by atoms with E-state index in [1.165, 1.54) is 41.6 Å². The molecule has 3 saturated heterocycles. The first-order valence-corrected chi connectivity index (χ1v) is 24.1. The molecule has 2 atom stereocenters. The van der Waals surface area contributed by atoms with Crippen molar-refractivity contribution in [3.63, 3.8) is 0 Å². The second-order valence-electron chi connectivity index (χ2n) is 17.9. The van der Waals surface area contributed by atoms with E-state index < -0.39 is 29.7 Å². The van der Waals surface area contributed by atoms with E-state index in [1.807, 2.05) is 30.3 Å². The molecule has 16 heteroatoms. The van der Waals surface area contributed by atoms with Crippen LogP contribution in [0.25, 0.3) is 0 Å². The van der Waals surface area contributed by atoms with E-state index in [4.69, 9.17) is 0 Å². The van der Waals surface area contributed by atoms with Crippen molar-refractivity contribution in [3.05, 3.63) is 105 Å². The van der Waals surface area contributed by atoms with Gasteiger partial charge in [-0.3, -0.25) is 39.5 Å². The summed E-state index contributed by atoms with van der Waals surface area (Å²) >= 11 is 1.23. The van der Waals surface area contributed by atoms with Crippen molar-refractivity contribution < 1.29 is 33.5 Å². The molecule has 344 valence electrons. The van der Waals surface area contributed by atoms with Gasteiger partial charge in [0.05, 0.1) is 0 Å². The number of imide groups is 1. The molecule has 14 nitrogen and oxygen atoms in total. The second kappa shape index (κ2) is 20.2. The number of piperazine rings is 1. The molecule has 0 spiro atoms. The smallest absolute Gasteiger partial charge is 0.255 e. The van der Waals surface area contributed by atoms with Crippen molar-refractivity contribution in [2.75, 3.05) is 56.0 Å². The molecule has 3 fully saturated rings. The molecule has 66 heavy (non-hydrogen) atoms. The molecule has 0 bridgehead atoms. The van der Waals surface area contributed by atoms with E-state index in [1.54, 1.807) is 22.5 Å². The molecular weight excluding hydrogens is 860 g/mol.